The summed E-state index contributed by atoms with van der Waals surface area (Å²) in [6, 6.07) is 0. The van der Waals surface area contributed by atoms with Gasteiger partial charge in [-0.25, -0.2) is 9.13 Å². The Labute approximate surface area is 403 Å². The van der Waals surface area contributed by atoms with Crippen LogP contribution in [0.3, 0.4) is 0 Å². The van der Waals surface area contributed by atoms with Gasteiger partial charge in [0.1, 0.15) is 43.2 Å². The summed E-state index contributed by atoms with van der Waals surface area (Å²) in [5.41, 5.74) is 0. The summed E-state index contributed by atoms with van der Waals surface area (Å²) in [7, 11) is -10.8. The van der Waals surface area contributed by atoms with Crippen LogP contribution in [-0.2, 0) is 41.8 Å². The van der Waals surface area contributed by atoms with Crippen molar-refractivity contribution in [3.05, 3.63) is 97.2 Å². The van der Waals surface area contributed by atoms with Crippen LogP contribution in [0, 0.1) is 0 Å². The number of carbonyl (C=O) groups is 2. The molecule has 9 atom stereocenters. The van der Waals surface area contributed by atoms with E-state index in [0.29, 0.717) is 6.42 Å². The first-order chi connectivity index (χ1) is 32.5. The second-order valence-corrected chi connectivity index (χ2v) is 18.9. The molecule has 1 fully saturated rings. The van der Waals surface area contributed by atoms with E-state index in [1.165, 1.54) is 19.3 Å². The minimum atomic E-state index is -5.39. The van der Waals surface area contributed by atoms with Crippen molar-refractivity contribution >= 4 is 27.6 Å². The number of aliphatic hydroxyl groups excluding tert-OH is 5. The zero-order chi connectivity index (χ0) is 50.5. The Kier molecular flexibility index (Phi) is 35.7. The molecule has 6 unspecified atom stereocenters. The van der Waals surface area contributed by atoms with Gasteiger partial charge < -0.3 is 49.7 Å². The number of rotatable bonds is 38. The molecule has 0 amide bonds. The summed E-state index contributed by atoms with van der Waals surface area (Å²) in [4.78, 5) is 54.3. The molecular weight excluding hydrogens is 922 g/mol. The molecule has 1 rings (SSSR count). The van der Waals surface area contributed by atoms with Crippen molar-refractivity contribution in [2.75, 3.05) is 13.2 Å². The molecule has 1 aliphatic carbocycles. The highest BCUT2D eigenvalue weighted by molar-refractivity contribution is 7.47. The fraction of sp³-hybridized carbons (Fsp3) is 0.633. The summed E-state index contributed by atoms with van der Waals surface area (Å²) in [5.74, 6) is -1.45. The van der Waals surface area contributed by atoms with Crippen molar-refractivity contribution in [1.82, 2.24) is 0 Å². The van der Waals surface area contributed by atoms with Crippen LogP contribution in [0.25, 0.3) is 0 Å². The van der Waals surface area contributed by atoms with Crippen LogP contribution in [0.15, 0.2) is 97.2 Å². The average Bonchev–Trinajstić information content (AvgIpc) is 3.29. The first kappa shape index (κ1) is 62.9. The third-order valence-corrected chi connectivity index (χ3v) is 11.7. The Morgan fingerprint density at radius 2 is 1.07 bits per heavy atom. The number of phosphoric ester groups is 2. The molecule has 0 spiro atoms. The number of carbonyl (C=O) groups excluding carboxylic acids is 2. The van der Waals surface area contributed by atoms with Crippen molar-refractivity contribution in [1.29, 1.82) is 0 Å². The van der Waals surface area contributed by atoms with Gasteiger partial charge in [-0.2, -0.15) is 0 Å². The van der Waals surface area contributed by atoms with E-state index in [-0.39, 0.29) is 25.7 Å². The minimum Gasteiger partial charge on any atom is -0.462 e. The van der Waals surface area contributed by atoms with Crippen LogP contribution in [-0.4, -0.2) is 114 Å². The van der Waals surface area contributed by atoms with Crippen molar-refractivity contribution < 1.29 is 82.0 Å². The van der Waals surface area contributed by atoms with E-state index in [1.807, 2.05) is 12.2 Å². The maximum atomic E-state index is 13.0. The first-order valence-corrected chi connectivity index (χ1v) is 26.9. The molecule has 0 aromatic rings. The van der Waals surface area contributed by atoms with E-state index >= 15 is 0 Å². The lowest BCUT2D eigenvalue weighted by atomic mass is 9.85. The standard InChI is InChI=1S/C49H80O17P2/c1-3-5-7-9-11-13-15-17-18-19-20-22-24-26-28-30-32-36-42(51)62-38-41(39-63-68(60,61)66-49-46(55)44(53)45(54)48(47(49)56)65-67(57,58)59)64-43(52)37-33-35-40(50)34-31-29-27-25-23-21-16-14-12-10-8-6-4-2/h6,8,11-14,17-18,20-23,27,29,31,34,40-41,44-50,53-56H,3-5,7,9-10,15-16,19,24-26,28,30,32-33,35-39H2,1-2H3,(H,60,61)(H2,57,58,59)/b8-6-,13-11-,14-12-,18-17-,22-20-,23-21-,29-27-,34-31+/t40?,41-,44?,45?,46?,47?,48-,49+/m1/s1. The quantitative estimate of drug-likeness (QED) is 0.00953. The number of unbranched alkanes of at least 4 members (excludes halogenated alkanes) is 7. The molecule has 17 nitrogen and oxygen atoms in total. The molecular formula is C49H80O17P2. The lowest BCUT2D eigenvalue weighted by Gasteiger charge is -2.43. The summed E-state index contributed by atoms with van der Waals surface area (Å²) in [5, 5.41) is 51.6. The predicted octanol–water partition coefficient (Wildman–Crippen LogP) is 8.14. The number of aliphatic hydroxyl groups is 5. The van der Waals surface area contributed by atoms with Crippen molar-refractivity contribution in [3.63, 3.8) is 0 Å². The van der Waals surface area contributed by atoms with E-state index in [9.17, 15) is 58.9 Å². The lowest BCUT2D eigenvalue weighted by Crippen LogP contribution is -2.64. The third kappa shape index (κ3) is 32.6. The predicted molar refractivity (Wildman–Crippen MR) is 261 cm³/mol. The summed E-state index contributed by atoms with van der Waals surface area (Å²) in [6.07, 6.45) is 30.9. The van der Waals surface area contributed by atoms with E-state index in [4.69, 9.17) is 18.5 Å². The zero-order valence-corrected chi connectivity index (χ0v) is 41.6. The monoisotopic (exact) mass is 1000 g/mol. The molecule has 0 aromatic carbocycles. The average molecular weight is 1000 g/mol. The molecule has 68 heavy (non-hydrogen) atoms. The van der Waals surface area contributed by atoms with Crippen molar-refractivity contribution in [3.8, 4) is 0 Å². The highest BCUT2D eigenvalue weighted by Crippen LogP contribution is 2.49. The van der Waals surface area contributed by atoms with E-state index < -0.39 is 89.6 Å². The van der Waals surface area contributed by atoms with Crippen LogP contribution < -0.4 is 0 Å². The Bertz CT molecular complexity index is 1700. The highest BCUT2D eigenvalue weighted by atomic mass is 31.2. The lowest BCUT2D eigenvalue weighted by molar-refractivity contribution is -0.216. The third-order valence-electron chi connectivity index (χ3n) is 10.2. The molecule has 388 valence electrons. The SMILES string of the molecule is CC/C=C\C/C=C\C/C=C\C/C=C\C=C\C(O)CCCC(=O)O[C@H](COC(=O)CCCCCC/C=C\C/C=C\C/C=C\CCCCC)COP(=O)(O)O[C@H]1C(O)C(O)C(O)[C@@H](OP(=O)(O)O)C1O. The summed E-state index contributed by atoms with van der Waals surface area (Å²) in [6.45, 7) is 2.77. The van der Waals surface area contributed by atoms with Gasteiger partial charge in [0.05, 0.1) is 12.7 Å². The van der Waals surface area contributed by atoms with Gasteiger partial charge in [0, 0.05) is 12.8 Å². The second kappa shape index (κ2) is 38.6. The molecule has 8 N–H and O–H groups in total. The van der Waals surface area contributed by atoms with E-state index in [2.05, 4.69) is 85.2 Å². The fourth-order valence-electron chi connectivity index (χ4n) is 6.53. The maximum Gasteiger partial charge on any atom is 0.472 e. The van der Waals surface area contributed by atoms with Crippen LogP contribution in [0.1, 0.15) is 136 Å². The maximum absolute atomic E-state index is 13.0. The highest BCUT2D eigenvalue weighted by Gasteiger charge is 2.54. The van der Waals surface area contributed by atoms with Crippen molar-refractivity contribution in [2.24, 2.45) is 0 Å². The van der Waals surface area contributed by atoms with E-state index in [0.717, 1.165) is 70.6 Å². The van der Waals surface area contributed by atoms with Crippen LogP contribution in [0.5, 0.6) is 0 Å². The minimum absolute atomic E-state index is 0.0482. The number of phosphoric acid groups is 2. The molecule has 0 saturated heterocycles. The Balaban J connectivity index is 2.70. The van der Waals surface area contributed by atoms with Crippen LogP contribution in [0.4, 0.5) is 0 Å². The zero-order valence-electron chi connectivity index (χ0n) is 39.9. The van der Waals surface area contributed by atoms with Gasteiger partial charge in [0.2, 0.25) is 0 Å². The Hall–Kier alpha value is -3.12. The number of hydrogen-bond donors (Lipinski definition) is 8. The summed E-state index contributed by atoms with van der Waals surface area (Å²) >= 11 is 0. The Morgan fingerprint density at radius 1 is 0.559 bits per heavy atom. The smallest absolute Gasteiger partial charge is 0.462 e. The van der Waals surface area contributed by atoms with Gasteiger partial charge >= 0.3 is 27.6 Å². The number of allylic oxidation sites excluding steroid dienone is 15. The topological polar surface area (TPSA) is 276 Å². The largest absolute Gasteiger partial charge is 0.472 e. The molecule has 0 heterocycles. The molecule has 1 aliphatic rings. The molecule has 0 radical (unpaired) electrons. The number of esters is 2. The Morgan fingerprint density at radius 3 is 1.65 bits per heavy atom. The molecule has 0 bridgehead atoms. The summed E-state index contributed by atoms with van der Waals surface area (Å²) < 4.78 is 49.2. The van der Waals surface area contributed by atoms with Crippen molar-refractivity contribution in [2.45, 2.75) is 185 Å². The number of hydrogen-bond acceptors (Lipinski definition) is 14. The number of ether oxygens (including phenoxy) is 2. The fourth-order valence-corrected chi connectivity index (χ4v) is 8.07. The van der Waals surface area contributed by atoms with Gasteiger partial charge in [-0.1, -0.05) is 137 Å². The first-order valence-electron chi connectivity index (χ1n) is 23.9. The van der Waals surface area contributed by atoms with Gasteiger partial charge in [-0.05, 0) is 83.5 Å². The van der Waals surface area contributed by atoms with Gasteiger partial charge in [0.15, 0.2) is 6.10 Å². The van der Waals surface area contributed by atoms with E-state index in [1.54, 1.807) is 18.2 Å². The normalized spacial score (nSPS) is 22.6. The second-order valence-electron chi connectivity index (χ2n) is 16.3. The molecule has 0 aliphatic heterocycles. The van der Waals surface area contributed by atoms with Crippen LogP contribution in [0.2, 0.25) is 0 Å². The molecule has 19 heteroatoms. The van der Waals surface area contributed by atoms with Crippen LogP contribution >= 0.6 is 15.6 Å². The molecule has 1 saturated carbocycles. The van der Waals surface area contributed by atoms with Gasteiger partial charge in [0.25, 0.3) is 0 Å². The molecule has 0 aromatic heterocycles. The van der Waals surface area contributed by atoms with Gasteiger partial charge in [-0.15, -0.1) is 0 Å². The van der Waals surface area contributed by atoms with Gasteiger partial charge in [-0.3, -0.25) is 23.2 Å².